The molecular formula is C15H24N4O2S. The van der Waals surface area contributed by atoms with Gasteiger partial charge in [-0.05, 0) is 57.1 Å². The first kappa shape index (κ1) is 14.7. The Hall–Kier alpha value is -0.920. The summed E-state index contributed by atoms with van der Waals surface area (Å²) in [6, 6.07) is 1.63. The van der Waals surface area contributed by atoms with Crippen LogP contribution in [0.4, 0.5) is 0 Å². The van der Waals surface area contributed by atoms with Gasteiger partial charge in [-0.15, -0.1) is 0 Å². The molecule has 2 aliphatic carbocycles. The summed E-state index contributed by atoms with van der Waals surface area (Å²) in [6.45, 7) is 1.62. The van der Waals surface area contributed by atoms with Crippen molar-refractivity contribution in [2.75, 3.05) is 6.54 Å². The minimum absolute atomic E-state index is 0.00585. The third-order valence-electron chi connectivity index (χ3n) is 5.73. The van der Waals surface area contributed by atoms with Gasteiger partial charge in [0.1, 0.15) is 0 Å². The van der Waals surface area contributed by atoms with Gasteiger partial charge in [0.05, 0.1) is 6.20 Å². The maximum atomic E-state index is 12.8. The Morgan fingerprint density at radius 1 is 1.32 bits per heavy atom. The molecule has 0 bridgehead atoms. The van der Waals surface area contributed by atoms with Crippen molar-refractivity contribution in [1.29, 1.82) is 0 Å². The molecule has 4 rings (SSSR count). The molecule has 1 aromatic heterocycles. The van der Waals surface area contributed by atoms with Gasteiger partial charge >= 0.3 is 0 Å². The van der Waals surface area contributed by atoms with Crippen LogP contribution >= 0.6 is 0 Å². The summed E-state index contributed by atoms with van der Waals surface area (Å²) < 4.78 is 30.2. The zero-order valence-corrected chi connectivity index (χ0v) is 13.6. The van der Waals surface area contributed by atoms with Gasteiger partial charge in [-0.1, -0.05) is 6.42 Å². The van der Waals surface area contributed by atoms with Crippen LogP contribution in [0.1, 0.15) is 44.9 Å². The van der Waals surface area contributed by atoms with Crippen LogP contribution < -0.4 is 10.0 Å². The van der Waals surface area contributed by atoms with Crippen LogP contribution in [-0.2, 0) is 16.6 Å². The van der Waals surface area contributed by atoms with Crippen LogP contribution in [0.3, 0.4) is 0 Å². The average Bonchev–Trinajstić information content (AvgIpc) is 2.98. The molecule has 7 heteroatoms. The number of hydrogen-bond acceptors (Lipinski definition) is 4. The first-order valence-electron chi connectivity index (χ1n) is 8.38. The van der Waals surface area contributed by atoms with Gasteiger partial charge in [0, 0.05) is 18.1 Å². The van der Waals surface area contributed by atoms with Crippen LogP contribution in [0.5, 0.6) is 0 Å². The Kier molecular flexibility index (Phi) is 3.54. The van der Waals surface area contributed by atoms with Crippen molar-refractivity contribution in [3.8, 4) is 0 Å². The van der Waals surface area contributed by atoms with Crippen molar-refractivity contribution < 1.29 is 8.42 Å². The van der Waals surface area contributed by atoms with E-state index in [1.807, 2.05) is 0 Å². The van der Waals surface area contributed by atoms with Crippen molar-refractivity contribution in [3.05, 3.63) is 12.3 Å². The number of nitrogens with one attached hydrogen (secondary N) is 2. The molecule has 0 radical (unpaired) electrons. The smallest absolute Gasteiger partial charge is 0.258 e. The van der Waals surface area contributed by atoms with E-state index in [0.717, 1.165) is 32.4 Å². The predicted octanol–water partition coefficient (Wildman–Crippen LogP) is 1.25. The Labute approximate surface area is 131 Å². The first-order chi connectivity index (χ1) is 10.6. The maximum absolute atomic E-state index is 12.8. The van der Waals surface area contributed by atoms with E-state index in [-0.39, 0.29) is 11.6 Å². The molecule has 1 unspecified atom stereocenters. The van der Waals surface area contributed by atoms with Crippen LogP contribution in [0, 0.1) is 5.92 Å². The SMILES string of the molecule is O=S(=O)(NC1CCNC12CCC2)c1ccnn1CC1CCC1. The second kappa shape index (κ2) is 5.32. The Balaban J connectivity index is 1.52. The number of rotatable bonds is 5. The van der Waals surface area contributed by atoms with Gasteiger partial charge in [-0.25, -0.2) is 13.1 Å². The van der Waals surface area contributed by atoms with E-state index in [1.54, 1.807) is 16.9 Å². The second-order valence-corrected chi connectivity index (χ2v) is 8.71. The normalized spacial score (nSPS) is 27.7. The Morgan fingerprint density at radius 2 is 2.14 bits per heavy atom. The van der Waals surface area contributed by atoms with Crippen molar-refractivity contribution in [2.45, 2.75) is 68.1 Å². The van der Waals surface area contributed by atoms with Crippen molar-refractivity contribution in [2.24, 2.45) is 5.92 Å². The Bertz CT molecular complexity index is 646. The highest BCUT2D eigenvalue weighted by Gasteiger charge is 2.48. The highest BCUT2D eigenvalue weighted by molar-refractivity contribution is 7.89. The molecule has 3 fully saturated rings. The summed E-state index contributed by atoms with van der Waals surface area (Å²) in [5.41, 5.74) is 0.00585. The lowest BCUT2D eigenvalue weighted by atomic mass is 9.73. The van der Waals surface area contributed by atoms with Crippen LogP contribution in [0.25, 0.3) is 0 Å². The molecule has 2 saturated carbocycles. The first-order valence-corrected chi connectivity index (χ1v) is 9.87. The topological polar surface area (TPSA) is 76.0 Å². The van der Waals surface area contributed by atoms with Crippen LogP contribution in [0.15, 0.2) is 17.3 Å². The van der Waals surface area contributed by atoms with Crippen molar-refractivity contribution in [3.63, 3.8) is 0 Å². The molecule has 3 aliphatic rings. The molecule has 1 spiro atoms. The fourth-order valence-corrected chi connectivity index (χ4v) is 5.45. The van der Waals surface area contributed by atoms with E-state index < -0.39 is 10.0 Å². The minimum atomic E-state index is -3.50. The quantitative estimate of drug-likeness (QED) is 0.854. The van der Waals surface area contributed by atoms with Crippen LogP contribution in [0.2, 0.25) is 0 Å². The average molecular weight is 324 g/mol. The van der Waals surface area contributed by atoms with Crippen LogP contribution in [-0.4, -0.2) is 36.3 Å². The molecule has 1 aliphatic heterocycles. The van der Waals surface area contributed by atoms with Gasteiger partial charge in [0.15, 0.2) is 5.03 Å². The number of aromatic nitrogens is 2. The Morgan fingerprint density at radius 3 is 2.77 bits per heavy atom. The monoisotopic (exact) mass is 324 g/mol. The van der Waals surface area contributed by atoms with Crippen molar-refractivity contribution in [1.82, 2.24) is 19.8 Å². The number of hydrogen-bond donors (Lipinski definition) is 2. The number of nitrogens with zero attached hydrogens (tertiary/aromatic N) is 2. The van der Waals surface area contributed by atoms with Gasteiger partial charge in [0.25, 0.3) is 10.0 Å². The van der Waals surface area contributed by atoms with E-state index in [4.69, 9.17) is 0 Å². The zero-order chi connectivity index (χ0) is 15.2. The highest BCUT2D eigenvalue weighted by Crippen LogP contribution is 2.39. The molecular weight excluding hydrogens is 300 g/mol. The van der Waals surface area contributed by atoms with E-state index in [0.29, 0.717) is 10.9 Å². The molecule has 122 valence electrons. The van der Waals surface area contributed by atoms with Gasteiger partial charge in [-0.3, -0.25) is 4.68 Å². The van der Waals surface area contributed by atoms with Crippen molar-refractivity contribution >= 4 is 10.0 Å². The minimum Gasteiger partial charge on any atom is -0.310 e. The van der Waals surface area contributed by atoms with Gasteiger partial charge < -0.3 is 5.32 Å². The van der Waals surface area contributed by atoms with E-state index in [9.17, 15) is 8.42 Å². The largest absolute Gasteiger partial charge is 0.310 e. The molecule has 2 N–H and O–H groups in total. The second-order valence-electron chi connectivity index (χ2n) is 7.05. The summed E-state index contributed by atoms with van der Waals surface area (Å²) >= 11 is 0. The predicted molar refractivity (Wildman–Crippen MR) is 82.9 cm³/mol. The van der Waals surface area contributed by atoms with E-state index >= 15 is 0 Å². The number of sulfonamides is 1. The molecule has 22 heavy (non-hydrogen) atoms. The third-order valence-corrected chi connectivity index (χ3v) is 7.22. The fourth-order valence-electron chi connectivity index (χ4n) is 3.97. The highest BCUT2D eigenvalue weighted by atomic mass is 32.2. The summed E-state index contributed by atoms with van der Waals surface area (Å²) in [7, 11) is -3.50. The molecule has 1 atom stereocenters. The third kappa shape index (κ3) is 2.39. The zero-order valence-electron chi connectivity index (χ0n) is 12.8. The lowest BCUT2D eigenvalue weighted by Gasteiger charge is -2.43. The molecule has 1 saturated heterocycles. The fraction of sp³-hybridized carbons (Fsp3) is 0.800. The maximum Gasteiger partial charge on any atom is 0.258 e. The lowest BCUT2D eigenvalue weighted by molar-refractivity contribution is 0.184. The standard InChI is InChI=1S/C15H24N4O2S/c20-22(21,18-13-5-9-16-15(13)7-2-8-15)14-6-10-17-19(14)11-12-3-1-4-12/h6,10,12-13,16,18H,1-5,7-9,11H2. The summed E-state index contributed by atoms with van der Waals surface area (Å²) in [4.78, 5) is 0. The molecule has 0 aromatic carbocycles. The summed E-state index contributed by atoms with van der Waals surface area (Å²) in [5.74, 6) is 0.583. The summed E-state index contributed by atoms with van der Waals surface area (Å²) in [5, 5.41) is 8.05. The summed E-state index contributed by atoms with van der Waals surface area (Å²) in [6.07, 6.45) is 9.41. The molecule has 6 nitrogen and oxygen atoms in total. The van der Waals surface area contributed by atoms with E-state index in [2.05, 4.69) is 15.1 Å². The molecule has 0 amide bonds. The molecule has 2 heterocycles. The van der Waals surface area contributed by atoms with Gasteiger partial charge in [-0.2, -0.15) is 5.10 Å². The molecule has 1 aromatic rings. The lowest BCUT2D eigenvalue weighted by Crippen LogP contribution is -2.59. The van der Waals surface area contributed by atoms with E-state index in [1.165, 1.54) is 25.7 Å². The van der Waals surface area contributed by atoms with Gasteiger partial charge in [0.2, 0.25) is 0 Å².